The summed E-state index contributed by atoms with van der Waals surface area (Å²) in [5, 5.41) is 0. The standard InChI is InChI=1S/C12H10/c1-3-7-11(8-4-1)12-9-5-2-6-10-12/h1-10H/p+1. The first-order chi connectivity index (χ1) is 5.97. The van der Waals surface area contributed by atoms with Gasteiger partial charge in [-0.3, -0.25) is 0 Å². The van der Waals surface area contributed by atoms with Crippen molar-refractivity contribution in [2.45, 2.75) is 0 Å². The second-order valence-corrected chi connectivity index (χ2v) is 2.73. The Kier molecular flexibility index (Phi) is 1.91. The minimum absolute atomic E-state index is 0. The van der Waals surface area contributed by atoms with Gasteiger partial charge in [-0.2, -0.15) is 0 Å². The summed E-state index contributed by atoms with van der Waals surface area (Å²) >= 11 is 0. The molecule has 2 aromatic carbocycles. The van der Waals surface area contributed by atoms with Crippen LogP contribution in [0.2, 0.25) is 0 Å². The smallest absolute Gasteiger partial charge is 0.0622 e. The molecule has 0 saturated carbocycles. The van der Waals surface area contributed by atoms with Crippen LogP contribution < -0.4 is 0 Å². The van der Waals surface area contributed by atoms with Crippen LogP contribution in [0.4, 0.5) is 0 Å². The lowest BCUT2D eigenvalue weighted by atomic mass is 10.1. The maximum atomic E-state index is 2.12. The number of hydrogen-bond acceptors (Lipinski definition) is 0. The fraction of sp³-hybridized carbons (Fsp3) is 0. The van der Waals surface area contributed by atoms with Gasteiger partial charge >= 0.3 is 1.43 Å². The summed E-state index contributed by atoms with van der Waals surface area (Å²) in [6.07, 6.45) is 0. The second kappa shape index (κ2) is 3.22. The fourth-order valence-electron chi connectivity index (χ4n) is 1.26. The molecule has 0 heteroatoms. The quantitative estimate of drug-likeness (QED) is 0.591. The van der Waals surface area contributed by atoms with Crippen LogP contribution in [0.3, 0.4) is 0 Å². The highest BCUT2D eigenvalue weighted by atomic mass is 14.0. The zero-order valence-corrected chi connectivity index (χ0v) is 6.77. The highest BCUT2D eigenvalue weighted by Gasteiger charge is 1.91. The minimum atomic E-state index is 0. The summed E-state index contributed by atoms with van der Waals surface area (Å²) < 4.78 is 0. The SMILES string of the molecule is [H+].c1ccc(-c2ccccc2)cc1. The summed E-state index contributed by atoms with van der Waals surface area (Å²) in [4.78, 5) is 0. The molecule has 0 spiro atoms. The Morgan fingerprint density at radius 2 is 0.833 bits per heavy atom. The Morgan fingerprint density at radius 3 is 1.17 bits per heavy atom. The van der Waals surface area contributed by atoms with E-state index in [9.17, 15) is 0 Å². The van der Waals surface area contributed by atoms with Gasteiger partial charge in [0.2, 0.25) is 0 Å². The normalized spacial score (nSPS) is 9.67. The van der Waals surface area contributed by atoms with Crippen molar-refractivity contribution >= 4 is 0 Å². The Morgan fingerprint density at radius 1 is 0.500 bits per heavy atom. The molecule has 0 N–H and O–H groups in total. The van der Waals surface area contributed by atoms with Crippen molar-refractivity contribution in [1.82, 2.24) is 0 Å². The largest absolute Gasteiger partial charge is 1.00 e. The minimum Gasteiger partial charge on any atom is -0.0622 e. The molecule has 0 fully saturated rings. The topological polar surface area (TPSA) is 0 Å². The molecule has 58 valence electrons. The van der Waals surface area contributed by atoms with Crippen molar-refractivity contribution in [2.24, 2.45) is 0 Å². The molecule has 2 aromatic rings. The molecule has 0 radical (unpaired) electrons. The average Bonchev–Trinajstić information content (AvgIpc) is 2.21. The van der Waals surface area contributed by atoms with Gasteiger partial charge in [0.15, 0.2) is 0 Å². The molecule has 0 unspecified atom stereocenters. The van der Waals surface area contributed by atoms with E-state index in [0.29, 0.717) is 0 Å². The number of hydrogen-bond donors (Lipinski definition) is 0. The summed E-state index contributed by atoms with van der Waals surface area (Å²) in [5.41, 5.74) is 2.55. The van der Waals surface area contributed by atoms with Crippen LogP contribution in [0.1, 0.15) is 1.43 Å². The van der Waals surface area contributed by atoms with Gasteiger partial charge in [-0.25, -0.2) is 0 Å². The van der Waals surface area contributed by atoms with Gasteiger partial charge in [-0.1, -0.05) is 60.7 Å². The molecule has 0 aliphatic carbocycles. The molecule has 2 rings (SSSR count). The van der Waals surface area contributed by atoms with Gasteiger partial charge < -0.3 is 0 Å². The third-order valence-electron chi connectivity index (χ3n) is 1.88. The van der Waals surface area contributed by atoms with Crippen molar-refractivity contribution in [2.75, 3.05) is 0 Å². The van der Waals surface area contributed by atoms with E-state index in [-0.39, 0.29) is 1.43 Å². The Balaban J connectivity index is 0.000000845. The molecule has 0 aromatic heterocycles. The number of rotatable bonds is 1. The number of benzene rings is 2. The second-order valence-electron chi connectivity index (χ2n) is 2.73. The maximum absolute atomic E-state index is 2.12. The van der Waals surface area contributed by atoms with Crippen LogP contribution in [0, 0.1) is 0 Å². The van der Waals surface area contributed by atoms with Gasteiger partial charge in [-0.15, -0.1) is 0 Å². The lowest BCUT2D eigenvalue weighted by Gasteiger charge is -1.98. The molecular formula is C12H11+. The summed E-state index contributed by atoms with van der Waals surface area (Å²) in [5.74, 6) is 0. The molecule has 0 atom stereocenters. The van der Waals surface area contributed by atoms with Gasteiger partial charge in [0.05, 0.1) is 0 Å². The fourth-order valence-corrected chi connectivity index (χ4v) is 1.26. The van der Waals surface area contributed by atoms with Crippen molar-refractivity contribution < 1.29 is 1.43 Å². The zero-order chi connectivity index (χ0) is 8.23. The third kappa shape index (κ3) is 1.37. The van der Waals surface area contributed by atoms with E-state index >= 15 is 0 Å². The van der Waals surface area contributed by atoms with Crippen LogP contribution in [-0.4, -0.2) is 0 Å². The van der Waals surface area contributed by atoms with Gasteiger partial charge in [0.25, 0.3) is 0 Å². The van der Waals surface area contributed by atoms with E-state index in [2.05, 4.69) is 48.5 Å². The van der Waals surface area contributed by atoms with Crippen LogP contribution in [0.5, 0.6) is 0 Å². The maximum Gasteiger partial charge on any atom is 1.00 e. The van der Waals surface area contributed by atoms with Crippen molar-refractivity contribution in [1.29, 1.82) is 0 Å². The molecule has 0 aliphatic heterocycles. The van der Waals surface area contributed by atoms with Crippen molar-refractivity contribution in [3.8, 4) is 11.1 Å². The Hall–Kier alpha value is -1.56. The van der Waals surface area contributed by atoms with E-state index in [1.807, 2.05) is 12.1 Å². The van der Waals surface area contributed by atoms with Gasteiger partial charge in [0, 0.05) is 0 Å². The zero-order valence-electron chi connectivity index (χ0n) is 7.77. The third-order valence-corrected chi connectivity index (χ3v) is 1.88. The summed E-state index contributed by atoms with van der Waals surface area (Å²) in [6.45, 7) is 0. The van der Waals surface area contributed by atoms with Gasteiger partial charge in [0.1, 0.15) is 0 Å². The van der Waals surface area contributed by atoms with Crippen LogP contribution in [0.25, 0.3) is 11.1 Å². The first-order valence-corrected chi connectivity index (χ1v) is 4.07. The van der Waals surface area contributed by atoms with E-state index in [0.717, 1.165) is 0 Å². The van der Waals surface area contributed by atoms with Crippen LogP contribution in [-0.2, 0) is 0 Å². The monoisotopic (exact) mass is 155 g/mol. The molecule has 0 heterocycles. The van der Waals surface area contributed by atoms with E-state index in [1.165, 1.54) is 11.1 Å². The molecule has 0 nitrogen and oxygen atoms in total. The predicted molar refractivity (Wildman–Crippen MR) is 53.0 cm³/mol. The van der Waals surface area contributed by atoms with Crippen molar-refractivity contribution in [3.63, 3.8) is 0 Å². The lowest BCUT2D eigenvalue weighted by molar-refractivity contribution is 1.62. The first kappa shape index (κ1) is 7.11. The van der Waals surface area contributed by atoms with Crippen LogP contribution >= 0.6 is 0 Å². The van der Waals surface area contributed by atoms with Crippen molar-refractivity contribution in [3.05, 3.63) is 60.7 Å². The molecule has 12 heavy (non-hydrogen) atoms. The summed E-state index contributed by atoms with van der Waals surface area (Å²) in [7, 11) is 0. The van der Waals surface area contributed by atoms with E-state index < -0.39 is 0 Å². The Labute approximate surface area is 74.0 Å². The van der Waals surface area contributed by atoms with Crippen LogP contribution in [0.15, 0.2) is 60.7 Å². The van der Waals surface area contributed by atoms with E-state index in [4.69, 9.17) is 0 Å². The average molecular weight is 155 g/mol. The molecule has 0 amide bonds. The van der Waals surface area contributed by atoms with Gasteiger partial charge in [-0.05, 0) is 11.1 Å². The first-order valence-electron chi connectivity index (χ1n) is 4.07. The summed E-state index contributed by atoms with van der Waals surface area (Å²) in [6, 6.07) is 20.8. The highest BCUT2D eigenvalue weighted by molar-refractivity contribution is 5.62. The molecule has 0 aliphatic rings. The highest BCUT2D eigenvalue weighted by Crippen LogP contribution is 2.17. The molecule has 0 bridgehead atoms. The predicted octanol–water partition coefficient (Wildman–Crippen LogP) is 3.47. The Bertz CT molecular complexity index is 303. The lowest BCUT2D eigenvalue weighted by Crippen LogP contribution is -1.73. The molecular weight excluding hydrogens is 144 g/mol. The van der Waals surface area contributed by atoms with E-state index in [1.54, 1.807) is 0 Å². The molecule has 0 saturated heterocycles.